The highest BCUT2D eigenvalue weighted by Gasteiger charge is 2.24. The van der Waals surface area contributed by atoms with Gasteiger partial charge in [0, 0.05) is 12.3 Å². The summed E-state index contributed by atoms with van der Waals surface area (Å²) in [4.78, 5) is 23.2. The van der Waals surface area contributed by atoms with Crippen LogP contribution in [-0.4, -0.2) is 33.1 Å². The van der Waals surface area contributed by atoms with Gasteiger partial charge in [0.25, 0.3) is 15.6 Å². The summed E-state index contributed by atoms with van der Waals surface area (Å²) in [6.07, 6.45) is 0.753. The van der Waals surface area contributed by atoms with Crippen LogP contribution in [0.15, 0.2) is 52.3 Å². The molecule has 10 heteroatoms. The predicted molar refractivity (Wildman–Crippen MR) is 79.8 cm³/mol. The lowest BCUT2D eigenvalue weighted by Gasteiger charge is -2.10. The fourth-order valence-corrected chi connectivity index (χ4v) is 3.44. The van der Waals surface area contributed by atoms with Crippen molar-refractivity contribution in [2.45, 2.75) is 4.90 Å². The Morgan fingerprint density at radius 1 is 1.22 bits per heavy atom. The molecule has 118 valence electrons. The first-order chi connectivity index (χ1) is 10.8. The number of carboxylic acids is 1. The molecule has 0 fully saturated rings. The molecule has 3 aromatic rings. The van der Waals surface area contributed by atoms with E-state index in [9.17, 15) is 18.0 Å². The number of hydrogen-bond donors (Lipinski definition) is 2. The average Bonchev–Trinajstić information content (AvgIpc) is 2.90. The molecule has 2 heterocycles. The molecule has 0 spiro atoms. The molecule has 0 saturated carbocycles. The number of carbonyl (C=O) groups is 1. The normalized spacial score (nSPS) is 11.7. The summed E-state index contributed by atoms with van der Waals surface area (Å²) in [6.45, 7) is 0. The Hall–Kier alpha value is -3.14. The molecule has 2 aromatic heterocycles. The smallest absolute Gasteiger partial charge is 0.342 e. The number of fused-ring (bicyclic) bond motifs is 1. The van der Waals surface area contributed by atoms with Crippen molar-refractivity contribution in [3.8, 4) is 0 Å². The highest BCUT2D eigenvalue weighted by Crippen LogP contribution is 2.17. The lowest BCUT2D eigenvalue weighted by molar-refractivity contribution is 0.0694. The minimum Gasteiger partial charge on any atom is -0.477 e. The van der Waals surface area contributed by atoms with E-state index in [4.69, 9.17) is 10.8 Å². The Morgan fingerprint density at radius 3 is 2.48 bits per heavy atom. The third-order valence-electron chi connectivity index (χ3n) is 3.13. The van der Waals surface area contributed by atoms with Gasteiger partial charge in [-0.3, -0.25) is 4.79 Å². The molecule has 0 aliphatic carbocycles. The van der Waals surface area contributed by atoms with Gasteiger partial charge in [-0.25, -0.2) is 17.2 Å². The first-order valence-corrected chi connectivity index (χ1v) is 7.71. The van der Waals surface area contributed by atoms with E-state index in [1.54, 1.807) is 6.07 Å². The lowest BCUT2D eigenvalue weighted by Crippen LogP contribution is -2.28. The molecule has 0 bridgehead atoms. The minimum absolute atomic E-state index is 0.0679. The van der Waals surface area contributed by atoms with Gasteiger partial charge in [-0.05, 0) is 12.1 Å². The summed E-state index contributed by atoms with van der Waals surface area (Å²) in [5, 5.41) is 12.8. The van der Waals surface area contributed by atoms with Crippen LogP contribution in [0.3, 0.4) is 0 Å². The van der Waals surface area contributed by atoms with Gasteiger partial charge in [0.05, 0.1) is 4.90 Å². The lowest BCUT2D eigenvalue weighted by atomic mass is 10.3. The third-order valence-corrected chi connectivity index (χ3v) is 4.81. The topological polar surface area (TPSA) is 137 Å². The second kappa shape index (κ2) is 4.95. The SMILES string of the molecule is Nc1cc2n(S(=O)(=O)c3ccccc3)cc(C(=O)O)c(=O)n2n1. The quantitative estimate of drug-likeness (QED) is 0.688. The van der Waals surface area contributed by atoms with E-state index in [2.05, 4.69) is 5.10 Å². The van der Waals surface area contributed by atoms with Crippen molar-refractivity contribution in [3.05, 3.63) is 58.5 Å². The summed E-state index contributed by atoms with van der Waals surface area (Å²) in [5.41, 5.74) is 3.65. The van der Waals surface area contributed by atoms with Gasteiger partial charge in [0.2, 0.25) is 0 Å². The number of nitrogen functional groups attached to an aromatic ring is 1. The zero-order chi connectivity index (χ0) is 16.8. The Bertz CT molecular complexity index is 1080. The summed E-state index contributed by atoms with van der Waals surface area (Å²) < 4.78 is 26.8. The highest BCUT2D eigenvalue weighted by atomic mass is 32.2. The van der Waals surface area contributed by atoms with Crippen LogP contribution in [0.1, 0.15) is 10.4 Å². The number of benzene rings is 1. The summed E-state index contributed by atoms with van der Waals surface area (Å²) >= 11 is 0. The second-order valence-corrected chi connectivity index (χ2v) is 6.42. The number of aromatic carboxylic acids is 1. The van der Waals surface area contributed by atoms with E-state index < -0.39 is 27.1 Å². The van der Waals surface area contributed by atoms with Gasteiger partial charge in [-0.1, -0.05) is 18.2 Å². The Morgan fingerprint density at radius 2 is 1.87 bits per heavy atom. The van der Waals surface area contributed by atoms with Crippen molar-refractivity contribution in [2.75, 3.05) is 5.73 Å². The monoisotopic (exact) mass is 334 g/mol. The molecule has 1 aromatic carbocycles. The first-order valence-electron chi connectivity index (χ1n) is 6.27. The summed E-state index contributed by atoms with van der Waals surface area (Å²) in [7, 11) is -4.13. The van der Waals surface area contributed by atoms with Crippen LogP contribution in [0.25, 0.3) is 5.65 Å². The Labute approximate surface area is 129 Å². The number of nitrogens with two attached hydrogens (primary N) is 1. The molecule has 0 amide bonds. The molecule has 23 heavy (non-hydrogen) atoms. The van der Waals surface area contributed by atoms with Crippen molar-refractivity contribution in [2.24, 2.45) is 0 Å². The molecule has 0 unspecified atom stereocenters. The number of carboxylic acid groups (broad SMARTS) is 1. The molecule has 0 radical (unpaired) electrons. The highest BCUT2D eigenvalue weighted by molar-refractivity contribution is 7.90. The average molecular weight is 334 g/mol. The van der Waals surface area contributed by atoms with Gasteiger partial charge in [-0.15, -0.1) is 5.10 Å². The zero-order valence-corrected chi connectivity index (χ0v) is 12.3. The van der Waals surface area contributed by atoms with Crippen molar-refractivity contribution in [1.29, 1.82) is 0 Å². The third kappa shape index (κ3) is 2.25. The van der Waals surface area contributed by atoms with Crippen molar-refractivity contribution >= 4 is 27.5 Å². The van der Waals surface area contributed by atoms with E-state index in [0.29, 0.717) is 8.49 Å². The molecular formula is C13H10N4O5S. The van der Waals surface area contributed by atoms with Gasteiger partial charge in [0.15, 0.2) is 5.65 Å². The second-order valence-electron chi connectivity index (χ2n) is 4.61. The van der Waals surface area contributed by atoms with E-state index >= 15 is 0 Å². The maximum atomic E-state index is 12.7. The number of hydrogen-bond acceptors (Lipinski definition) is 6. The van der Waals surface area contributed by atoms with Gasteiger partial charge < -0.3 is 10.8 Å². The van der Waals surface area contributed by atoms with E-state index in [0.717, 1.165) is 6.20 Å². The van der Waals surface area contributed by atoms with E-state index in [-0.39, 0.29) is 16.4 Å². The number of anilines is 1. The molecule has 3 N–H and O–H groups in total. The minimum atomic E-state index is -4.13. The van der Waals surface area contributed by atoms with E-state index in [1.165, 1.54) is 30.3 Å². The molecule has 0 saturated heterocycles. The number of nitrogens with zero attached hydrogens (tertiary/aromatic N) is 3. The van der Waals surface area contributed by atoms with Crippen LogP contribution in [0.4, 0.5) is 5.82 Å². The van der Waals surface area contributed by atoms with Crippen molar-refractivity contribution in [3.63, 3.8) is 0 Å². The van der Waals surface area contributed by atoms with Crippen LogP contribution in [0.2, 0.25) is 0 Å². The molecule has 3 rings (SSSR count). The number of rotatable bonds is 3. The van der Waals surface area contributed by atoms with Crippen LogP contribution >= 0.6 is 0 Å². The molecule has 0 aliphatic rings. The van der Waals surface area contributed by atoms with Crippen molar-refractivity contribution in [1.82, 2.24) is 13.6 Å². The van der Waals surface area contributed by atoms with Gasteiger partial charge >= 0.3 is 5.97 Å². The molecule has 9 nitrogen and oxygen atoms in total. The number of aromatic nitrogens is 3. The molecule has 0 atom stereocenters. The molecule has 0 aliphatic heterocycles. The maximum Gasteiger partial charge on any atom is 0.342 e. The Balaban J connectivity index is 2.44. The van der Waals surface area contributed by atoms with Crippen molar-refractivity contribution < 1.29 is 18.3 Å². The van der Waals surface area contributed by atoms with E-state index in [1.807, 2.05) is 0 Å². The fraction of sp³-hybridized carbons (Fsp3) is 0. The van der Waals surface area contributed by atoms with Crippen LogP contribution in [0, 0.1) is 0 Å². The maximum absolute atomic E-state index is 12.7. The summed E-state index contributed by atoms with van der Waals surface area (Å²) in [5.74, 6) is -1.68. The van der Waals surface area contributed by atoms with Gasteiger partial charge in [-0.2, -0.15) is 4.52 Å². The first kappa shape index (κ1) is 14.8. The molecular weight excluding hydrogens is 324 g/mol. The largest absolute Gasteiger partial charge is 0.477 e. The van der Waals surface area contributed by atoms with Crippen LogP contribution in [0.5, 0.6) is 0 Å². The predicted octanol–water partition coefficient (Wildman–Crippen LogP) is 0.0134. The fourth-order valence-electron chi connectivity index (χ4n) is 2.09. The zero-order valence-electron chi connectivity index (χ0n) is 11.4. The van der Waals surface area contributed by atoms with Crippen LogP contribution in [-0.2, 0) is 10.0 Å². The van der Waals surface area contributed by atoms with Gasteiger partial charge in [0.1, 0.15) is 11.4 Å². The standard InChI is InChI=1S/C13H10N4O5S/c14-10-6-11-16(23(21,22)8-4-2-1-3-5-8)7-9(13(19)20)12(18)17(11)15-10/h1-7H,(H2,14,15)(H,19,20). The van der Waals surface area contributed by atoms with Crippen LogP contribution < -0.4 is 11.3 Å². The Kier molecular flexibility index (Phi) is 3.18. The summed E-state index contributed by atoms with van der Waals surface area (Å²) in [6, 6.07) is 8.56.